The smallest absolute Gasteiger partial charge is 0.306 e. The van der Waals surface area contributed by atoms with E-state index >= 15 is 0 Å². The van der Waals surface area contributed by atoms with Crippen LogP contribution >= 0.6 is 27.3 Å². The van der Waals surface area contributed by atoms with Gasteiger partial charge in [-0.3, -0.25) is 4.90 Å². The Bertz CT molecular complexity index is 862. The number of imidazole rings is 1. The number of hydrogen-bond donors (Lipinski definition) is 2. The second-order valence-corrected chi connectivity index (χ2v) is 8.14. The second kappa shape index (κ2) is 5.68. The molecule has 1 fully saturated rings. The maximum absolute atomic E-state index is 11.4. The Hall–Kier alpha value is -1.37. The van der Waals surface area contributed by atoms with E-state index in [1.54, 1.807) is 11.3 Å². The predicted octanol–water partition coefficient (Wildman–Crippen LogP) is 3.84. The molecule has 114 valence electrons. The van der Waals surface area contributed by atoms with Gasteiger partial charge in [0.1, 0.15) is 0 Å². The van der Waals surface area contributed by atoms with Gasteiger partial charge in [0, 0.05) is 19.1 Å². The summed E-state index contributed by atoms with van der Waals surface area (Å²) < 4.78 is 1.18. The van der Waals surface area contributed by atoms with Gasteiger partial charge in [-0.25, -0.2) is 4.79 Å². The van der Waals surface area contributed by atoms with E-state index in [2.05, 4.69) is 54.4 Å². The molecule has 0 spiro atoms. The molecule has 6 heteroatoms. The lowest BCUT2D eigenvalue weighted by atomic mass is 10.1. The zero-order valence-electron chi connectivity index (χ0n) is 11.9. The van der Waals surface area contributed by atoms with Crippen LogP contribution in [0.3, 0.4) is 0 Å². The molecule has 0 radical (unpaired) electrons. The minimum absolute atomic E-state index is 0.144. The highest BCUT2D eigenvalue weighted by Crippen LogP contribution is 2.31. The number of hydrogen-bond acceptors (Lipinski definition) is 3. The molecule has 2 aromatic heterocycles. The zero-order chi connectivity index (χ0) is 15.1. The Labute approximate surface area is 140 Å². The monoisotopic (exact) mass is 377 g/mol. The molecule has 0 aliphatic heterocycles. The maximum Gasteiger partial charge on any atom is 0.323 e. The molecule has 3 aromatic rings. The summed E-state index contributed by atoms with van der Waals surface area (Å²) in [5.74, 6) is 0. The first kappa shape index (κ1) is 14.2. The average molecular weight is 378 g/mol. The lowest BCUT2D eigenvalue weighted by Crippen LogP contribution is -2.24. The molecule has 0 bridgehead atoms. The summed E-state index contributed by atoms with van der Waals surface area (Å²) in [7, 11) is 0. The summed E-state index contributed by atoms with van der Waals surface area (Å²) in [6.07, 6.45) is 2.57. The fourth-order valence-electron chi connectivity index (χ4n) is 2.83. The summed E-state index contributed by atoms with van der Waals surface area (Å²) in [6.45, 7) is 1.90. The van der Waals surface area contributed by atoms with E-state index in [4.69, 9.17) is 0 Å². The van der Waals surface area contributed by atoms with Crippen molar-refractivity contribution in [2.24, 2.45) is 0 Å². The molecule has 0 atom stereocenters. The average Bonchev–Trinajstić information content (AvgIpc) is 3.15. The normalized spacial score (nSPS) is 15.0. The standard InChI is InChI=1S/C16H16BrN3OS/c17-15-6-11(9-22-15)8-20(12-2-3-12)7-10-1-4-13-14(5-10)19-16(21)18-13/h1,4-6,9,12H,2-3,7-8H2,(H2,18,19,21). The summed E-state index contributed by atoms with van der Waals surface area (Å²) in [5.41, 5.74) is 4.21. The summed E-state index contributed by atoms with van der Waals surface area (Å²) in [4.78, 5) is 19.5. The fourth-order valence-corrected chi connectivity index (χ4v) is 4.03. The van der Waals surface area contributed by atoms with Crippen LogP contribution in [-0.2, 0) is 13.1 Å². The number of fused-ring (bicyclic) bond motifs is 1. The third kappa shape index (κ3) is 3.04. The van der Waals surface area contributed by atoms with Gasteiger partial charge >= 0.3 is 5.69 Å². The van der Waals surface area contributed by atoms with E-state index in [0.29, 0.717) is 6.04 Å². The Kier molecular flexibility index (Phi) is 3.68. The van der Waals surface area contributed by atoms with Crippen LogP contribution in [0, 0.1) is 0 Å². The minimum atomic E-state index is -0.144. The molecular weight excluding hydrogens is 362 g/mol. The summed E-state index contributed by atoms with van der Waals surface area (Å²) in [6, 6.07) is 9.05. The van der Waals surface area contributed by atoms with Crippen LogP contribution in [0.2, 0.25) is 0 Å². The van der Waals surface area contributed by atoms with Gasteiger partial charge < -0.3 is 9.97 Å². The largest absolute Gasteiger partial charge is 0.323 e. The molecule has 1 aliphatic carbocycles. The highest BCUT2D eigenvalue weighted by atomic mass is 79.9. The van der Waals surface area contributed by atoms with Gasteiger partial charge in [0.05, 0.1) is 14.8 Å². The van der Waals surface area contributed by atoms with Crippen molar-refractivity contribution in [1.82, 2.24) is 14.9 Å². The number of benzene rings is 1. The first-order chi connectivity index (χ1) is 10.7. The van der Waals surface area contributed by atoms with Crippen LogP contribution in [0.4, 0.5) is 0 Å². The van der Waals surface area contributed by atoms with E-state index in [0.717, 1.165) is 24.1 Å². The number of nitrogens with one attached hydrogen (secondary N) is 2. The van der Waals surface area contributed by atoms with Crippen LogP contribution in [0.1, 0.15) is 24.0 Å². The van der Waals surface area contributed by atoms with Crippen molar-refractivity contribution in [1.29, 1.82) is 0 Å². The molecule has 0 unspecified atom stereocenters. The van der Waals surface area contributed by atoms with Crippen molar-refractivity contribution in [3.05, 3.63) is 55.0 Å². The Morgan fingerprint density at radius 1 is 1.14 bits per heavy atom. The lowest BCUT2D eigenvalue weighted by Gasteiger charge is -2.21. The summed E-state index contributed by atoms with van der Waals surface area (Å²) in [5, 5.41) is 2.21. The van der Waals surface area contributed by atoms with E-state index in [1.165, 1.54) is 27.8 Å². The molecular formula is C16H16BrN3OS. The van der Waals surface area contributed by atoms with Crippen LogP contribution in [0.5, 0.6) is 0 Å². The summed E-state index contributed by atoms with van der Waals surface area (Å²) >= 11 is 5.27. The number of thiophene rings is 1. The number of rotatable bonds is 5. The first-order valence-corrected chi connectivity index (χ1v) is 9.02. The molecule has 1 saturated carbocycles. The minimum Gasteiger partial charge on any atom is -0.306 e. The predicted molar refractivity (Wildman–Crippen MR) is 93.2 cm³/mol. The van der Waals surface area contributed by atoms with Gasteiger partial charge in [-0.15, -0.1) is 11.3 Å². The molecule has 0 saturated heterocycles. The number of aromatic nitrogens is 2. The van der Waals surface area contributed by atoms with Crippen molar-refractivity contribution >= 4 is 38.3 Å². The molecule has 4 rings (SSSR count). The number of nitrogens with zero attached hydrogens (tertiary/aromatic N) is 1. The zero-order valence-corrected chi connectivity index (χ0v) is 14.3. The Morgan fingerprint density at radius 2 is 1.91 bits per heavy atom. The van der Waals surface area contributed by atoms with Crippen molar-refractivity contribution < 1.29 is 0 Å². The quantitative estimate of drug-likeness (QED) is 0.709. The van der Waals surface area contributed by atoms with E-state index in [-0.39, 0.29) is 5.69 Å². The highest BCUT2D eigenvalue weighted by Gasteiger charge is 2.29. The van der Waals surface area contributed by atoms with E-state index in [9.17, 15) is 4.79 Å². The fraction of sp³-hybridized carbons (Fsp3) is 0.312. The van der Waals surface area contributed by atoms with Crippen LogP contribution in [0.25, 0.3) is 11.0 Å². The van der Waals surface area contributed by atoms with Crippen molar-refractivity contribution in [2.75, 3.05) is 0 Å². The molecule has 22 heavy (non-hydrogen) atoms. The highest BCUT2D eigenvalue weighted by molar-refractivity contribution is 9.11. The van der Waals surface area contributed by atoms with Gasteiger partial charge in [-0.2, -0.15) is 0 Å². The first-order valence-electron chi connectivity index (χ1n) is 7.35. The third-order valence-electron chi connectivity index (χ3n) is 4.04. The van der Waals surface area contributed by atoms with Gasteiger partial charge in [-0.05, 0) is 63.5 Å². The molecule has 0 amide bonds. The second-order valence-electron chi connectivity index (χ2n) is 5.85. The van der Waals surface area contributed by atoms with Gasteiger partial charge in [0.2, 0.25) is 0 Å². The number of aromatic amines is 2. The maximum atomic E-state index is 11.4. The van der Waals surface area contributed by atoms with Crippen molar-refractivity contribution in [3.8, 4) is 0 Å². The van der Waals surface area contributed by atoms with Crippen LogP contribution < -0.4 is 5.69 Å². The topological polar surface area (TPSA) is 51.9 Å². The Morgan fingerprint density at radius 3 is 2.64 bits per heavy atom. The van der Waals surface area contributed by atoms with E-state index in [1.807, 2.05) is 6.07 Å². The molecule has 4 nitrogen and oxygen atoms in total. The van der Waals surface area contributed by atoms with Gasteiger partial charge in [0.15, 0.2) is 0 Å². The van der Waals surface area contributed by atoms with Gasteiger partial charge in [-0.1, -0.05) is 6.07 Å². The van der Waals surface area contributed by atoms with Gasteiger partial charge in [0.25, 0.3) is 0 Å². The van der Waals surface area contributed by atoms with Crippen LogP contribution in [0.15, 0.2) is 38.2 Å². The van der Waals surface area contributed by atoms with Crippen LogP contribution in [-0.4, -0.2) is 20.9 Å². The lowest BCUT2D eigenvalue weighted by molar-refractivity contribution is 0.246. The van der Waals surface area contributed by atoms with E-state index < -0.39 is 0 Å². The molecule has 1 aliphatic rings. The van der Waals surface area contributed by atoms with Crippen molar-refractivity contribution in [2.45, 2.75) is 32.0 Å². The molecule has 2 N–H and O–H groups in total. The molecule has 1 aromatic carbocycles. The number of halogens is 1. The number of H-pyrrole nitrogens is 2. The van der Waals surface area contributed by atoms with Crippen molar-refractivity contribution in [3.63, 3.8) is 0 Å². The SMILES string of the molecule is O=c1[nH]c2ccc(CN(Cc3csc(Br)c3)C3CC3)cc2[nH]1. The molecule has 2 heterocycles. The Balaban J connectivity index is 1.55. The third-order valence-corrected chi connectivity index (χ3v) is 5.59.